The zero-order valence-corrected chi connectivity index (χ0v) is 19.8. The first-order valence-corrected chi connectivity index (χ1v) is 11.2. The van der Waals surface area contributed by atoms with E-state index < -0.39 is 11.8 Å². The standard InChI is InChI=1S/C22H33N9O3/c1-22(2,3)34-21(32)31-16-5-6-17(31)10-14(9-16)27-28-15(11-23)13-33-18-7-8-19(26-12-18)20(25-4)29-30-24/h7-8,11-12,14,16-17,20,23,27H,4-6,9-10,13H2,1-3H3,(H2,24,29)/b23-11?,28-15+. The number of hydrazone groups is 1. The maximum atomic E-state index is 12.6. The van der Waals surface area contributed by atoms with Gasteiger partial charge in [0, 0.05) is 24.3 Å². The molecule has 1 aromatic rings. The number of carbonyl (C=O) groups excluding carboxylic acids is 1. The van der Waals surface area contributed by atoms with E-state index in [1.165, 1.54) is 6.20 Å². The number of amides is 1. The van der Waals surface area contributed by atoms with E-state index in [0.29, 0.717) is 17.2 Å². The van der Waals surface area contributed by atoms with Crippen LogP contribution in [0.5, 0.6) is 5.75 Å². The van der Waals surface area contributed by atoms with Crippen molar-refractivity contribution < 1.29 is 14.3 Å². The van der Waals surface area contributed by atoms with Crippen molar-refractivity contribution in [2.24, 2.45) is 26.3 Å². The van der Waals surface area contributed by atoms with E-state index >= 15 is 0 Å². The van der Waals surface area contributed by atoms with Gasteiger partial charge in [-0.1, -0.05) is 5.22 Å². The molecule has 4 N–H and O–H groups in total. The maximum Gasteiger partial charge on any atom is 0.410 e. The minimum absolute atomic E-state index is 0.104. The molecule has 2 aliphatic rings. The number of carbonyl (C=O) groups is 1. The van der Waals surface area contributed by atoms with Gasteiger partial charge in [-0.2, -0.15) is 5.10 Å². The molecule has 0 aliphatic carbocycles. The van der Waals surface area contributed by atoms with Crippen LogP contribution in [0.15, 0.2) is 38.8 Å². The number of rotatable bonds is 9. The number of hydrogen-bond acceptors (Lipinski definition) is 10. The molecule has 12 nitrogen and oxygen atoms in total. The van der Waals surface area contributed by atoms with Gasteiger partial charge in [0.1, 0.15) is 23.7 Å². The summed E-state index contributed by atoms with van der Waals surface area (Å²) in [5, 5.41) is 19.0. The summed E-state index contributed by atoms with van der Waals surface area (Å²) in [5.74, 6) is 5.58. The molecule has 3 unspecified atom stereocenters. The van der Waals surface area contributed by atoms with Crippen molar-refractivity contribution in [1.82, 2.24) is 15.3 Å². The van der Waals surface area contributed by atoms with E-state index in [4.69, 9.17) is 20.7 Å². The van der Waals surface area contributed by atoms with Crippen molar-refractivity contribution in [1.29, 1.82) is 5.41 Å². The predicted octanol–water partition coefficient (Wildman–Crippen LogP) is 3.01. The van der Waals surface area contributed by atoms with Crippen molar-refractivity contribution in [2.45, 2.75) is 76.3 Å². The van der Waals surface area contributed by atoms with Crippen molar-refractivity contribution in [3.8, 4) is 5.75 Å². The summed E-state index contributed by atoms with van der Waals surface area (Å²) in [6.45, 7) is 9.19. The third kappa shape index (κ3) is 6.49. The topological polar surface area (TPSA) is 163 Å². The smallest absolute Gasteiger partial charge is 0.410 e. The minimum Gasteiger partial charge on any atom is -0.486 e. The van der Waals surface area contributed by atoms with E-state index in [0.717, 1.165) is 31.9 Å². The average molecular weight is 472 g/mol. The first-order chi connectivity index (χ1) is 16.2. The molecule has 34 heavy (non-hydrogen) atoms. The predicted molar refractivity (Wildman–Crippen MR) is 128 cm³/mol. The molecule has 2 bridgehead atoms. The molecular weight excluding hydrogens is 438 g/mol. The SMILES string of the molecule is C=NC(/N=N\N)c1ccc(OC/C(C=N)=N/NC2CC3CCC(C2)N3C(=O)OC(C)(C)C)cn1. The Morgan fingerprint density at radius 2 is 2.09 bits per heavy atom. The molecule has 2 saturated heterocycles. The van der Waals surface area contributed by atoms with Crippen LogP contribution >= 0.6 is 0 Å². The van der Waals surface area contributed by atoms with Gasteiger partial charge in [0.25, 0.3) is 0 Å². The second-order valence-electron chi connectivity index (χ2n) is 9.31. The number of nitrogens with one attached hydrogen (secondary N) is 2. The van der Waals surface area contributed by atoms with Gasteiger partial charge in [0.15, 0.2) is 0 Å². The molecule has 1 aromatic heterocycles. The average Bonchev–Trinajstić information content (AvgIpc) is 3.07. The maximum absolute atomic E-state index is 12.6. The molecule has 0 saturated carbocycles. The number of ether oxygens (including phenoxy) is 2. The summed E-state index contributed by atoms with van der Waals surface area (Å²) >= 11 is 0. The highest BCUT2D eigenvalue weighted by molar-refractivity contribution is 6.30. The number of hydrogen-bond donors (Lipinski definition) is 3. The summed E-state index contributed by atoms with van der Waals surface area (Å²) in [6, 6.07) is 3.80. The zero-order chi connectivity index (χ0) is 24.7. The van der Waals surface area contributed by atoms with E-state index in [1.807, 2.05) is 25.7 Å². The molecular formula is C22H33N9O3. The second kappa shape index (κ2) is 11.0. The second-order valence-corrected chi connectivity index (χ2v) is 9.31. The third-order valence-corrected chi connectivity index (χ3v) is 5.65. The fourth-order valence-electron chi connectivity index (χ4n) is 4.22. The van der Waals surface area contributed by atoms with Crippen LogP contribution in [0.2, 0.25) is 0 Å². The van der Waals surface area contributed by atoms with Crippen LogP contribution in [0.25, 0.3) is 0 Å². The number of piperidine rings is 1. The van der Waals surface area contributed by atoms with E-state index in [9.17, 15) is 4.79 Å². The van der Waals surface area contributed by atoms with Gasteiger partial charge in [-0.25, -0.2) is 4.79 Å². The summed E-state index contributed by atoms with van der Waals surface area (Å²) in [6.07, 6.45) is 5.27. The first-order valence-electron chi connectivity index (χ1n) is 11.2. The molecule has 3 atom stereocenters. The molecule has 1 amide bonds. The Morgan fingerprint density at radius 3 is 2.62 bits per heavy atom. The summed E-state index contributed by atoms with van der Waals surface area (Å²) in [4.78, 5) is 22.5. The lowest BCUT2D eigenvalue weighted by Gasteiger charge is -2.39. The van der Waals surface area contributed by atoms with Crippen LogP contribution in [0.1, 0.15) is 58.3 Å². The third-order valence-electron chi connectivity index (χ3n) is 5.65. The number of nitrogens with two attached hydrogens (primary N) is 1. The molecule has 12 heteroatoms. The molecule has 3 rings (SSSR count). The number of aliphatic imine (C=N–C) groups is 1. The van der Waals surface area contributed by atoms with Crippen molar-refractivity contribution in [2.75, 3.05) is 6.61 Å². The van der Waals surface area contributed by atoms with Crippen molar-refractivity contribution in [3.05, 3.63) is 24.0 Å². The van der Waals surface area contributed by atoms with Crippen LogP contribution in [-0.4, -0.2) is 65.0 Å². The van der Waals surface area contributed by atoms with Gasteiger partial charge in [-0.3, -0.25) is 9.98 Å². The number of aromatic nitrogens is 1. The van der Waals surface area contributed by atoms with Crippen LogP contribution in [0.3, 0.4) is 0 Å². The molecule has 0 aromatic carbocycles. The highest BCUT2D eigenvalue weighted by Gasteiger charge is 2.44. The number of nitrogens with zero attached hydrogens (tertiary/aromatic N) is 6. The fraction of sp³-hybridized carbons (Fsp3) is 0.591. The van der Waals surface area contributed by atoms with E-state index in [2.05, 4.69) is 37.6 Å². The monoisotopic (exact) mass is 471 g/mol. The van der Waals surface area contributed by atoms with Gasteiger partial charge in [0.2, 0.25) is 6.17 Å². The quantitative estimate of drug-likeness (QED) is 0.217. The molecule has 0 spiro atoms. The Labute approximate surface area is 199 Å². The van der Waals surface area contributed by atoms with Crippen LogP contribution in [0.4, 0.5) is 4.79 Å². The molecule has 184 valence electrons. The van der Waals surface area contributed by atoms with Gasteiger partial charge < -0.3 is 31.1 Å². The largest absolute Gasteiger partial charge is 0.486 e. The fourth-order valence-corrected chi connectivity index (χ4v) is 4.22. The van der Waals surface area contributed by atoms with Crippen LogP contribution in [-0.2, 0) is 4.74 Å². The van der Waals surface area contributed by atoms with E-state index in [1.54, 1.807) is 12.1 Å². The zero-order valence-electron chi connectivity index (χ0n) is 19.8. The lowest BCUT2D eigenvalue weighted by atomic mass is 9.98. The Balaban J connectivity index is 1.52. The Morgan fingerprint density at radius 1 is 1.38 bits per heavy atom. The minimum atomic E-state index is -0.668. The lowest BCUT2D eigenvalue weighted by molar-refractivity contribution is 0.00477. The normalized spacial score (nSPS) is 23.4. The molecule has 0 radical (unpaired) electrons. The Kier molecular flexibility index (Phi) is 8.13. The van der Waals surface area contributed by atoms with Gasteiger partial charge >= 0.3 is 6.09 Å². The highest BCUT2D eigenvalue weighted by atomic mass is 16.6. The van der Waals surface area contributed by atoms with Crippen LogP contribution in [0, 0.1) is 5.41 Å². The van der Waals surface area contributed by atoms with Crippen molar-refractivity contribution in [3.63, 3.8) is 0 Å². The first kappa shape index (κ1) is 25.1. The molecule has 2 fully saturated rings. The van der Waals surface area contributed by atoms with E-state index in [-0.39, 0.29) is 30.8 Å². The van der Waals surface area contributed by atoms with Crippen molar-refractivity contribution >= 4 is 24.7 Å². The summed E-state index contributed by atoms with van der Waals surface area (Å²) in [5.41, 5.74) is 3.63. The summed E-state index contributed by atoms with van der Waals surface area (Å²) in [7, 11) is 0. The van der Waals surface area contributed by atoms with Crippen LogP contribution < -0.4 is 16.0 Å². The Bertz CT molecular complexity index is 913. The molecule has 3 heterocycles. The number of fused-ring (bicyclic) bond motifs is 2. The van der Waals surface area contributed by atoms with Gasteiger partial charge in [0.05, 0.1) is 11.9 Å². The Hall–Kier alpha value is -3.57. The summed E-state index contributed by atoms with van der Waals surface area (Å²) < 4.78 is 11.3. The highest BCUT2D eigenvalue weighted by Crippen LogP contribution is 2.36. The van der Waals surface area contributed by atoms with Gasteiger partial charge in [-0.05, 0) is 65.3 Å². The number of pyridine rings is 1. The lowest BCUT2D eigenvalue weighted by Crippen LogP contribution is -2.52. The van der Waals surface area contributed by atoms with Gasteiger partial charge in [-0.15, -0.1) is 5.11 Å². The molecule has 2 aliphatic heterocycles.